The summed E-state index contributed by atoms with van der Waals surface area (Å²) in [6.45, 7) is 11.4. The van der Waals surface area contributed by atoms with Gasteiger partial charge in [0.2, 0.25) is 0 Å². The van der Waals surface area contributed by atoms with Crippen LogP contribution in [0.1, 0.15) is 68.7 Å². The molecule has 180 valence electrons. The molecule has 0 aliphatic rings. The van der Waals surface area contributed by atoms with E-state index in [1.807, 2.05) is 53.1 Å². The largest absolute Gasteiger partial charge is 0.344 e. The number of amides is 1. The average molecular weight is 466 g/mol. The van der Waals surface area contributed by atoms with Gasteiger partial charge in [-0.3, -0.25) is 4.79 Å². The Morgan fingerprint density at radius 2 is 1.46 bits per heavy atom. The Morgan fingerprint density at radius 1 is 0.857 bits per heavy atom. The third kappa shape index (κ3) is 5.22. The van der Waals surface area contributed by atoms with Gasteiger partial charge < -0.3 is 9.88 Å². The monoisotopic (exact) mass is 465 g/mol. The predicted molar refractivity (Wildman–Crippen MR) is 144 cm³/mol. The molecule has 4 rings (SSSR count). The quantitative estimate of drug-likeness (QED) is 0.309. The van der Waals surface area contributed by atoms with Crippen molar-refractivity contribution in [3.63, 3.8) is 0 Å². The summed E-state index contributed by atoms with van der Waals surface area (Å²) in [5.74, 6) is 0.702. The minimum atomic E-state index is -0.105. The van der Waals surface area contributed by atoms with Crippen molar-refractivity contribution < 1.29 is 4.79 Å². The first-order valence-corrected chi connectivity index (χ1v) is 12.5. The van der Waals surface area contributed by atoms with Gasteiger partial charge in [0.15, 0.2) is 0 Å². The van der Waals surface area contributed by atoms with Gasteiger partial charge in [-0.25, -0.2) is 4.98 Å². The fourth-order valence-electron chi connectivity index (χ4n) is 4.46. The molecule has 0 radical (unpaired) electrons. The zero-order valence-corrected chi connectivity index (χ0v) is 21.4. The fraction of sp³-hybridized carbons (Fsp3) is 0.290. The summed E-state index contributed by atoms with van der Waals surface area (Å²) in [6.07, 6.45) is 0.803. The van der Waals surface area contributed by atoms with Gasteiger partial charge in [-0.05, 0) is 29.9 Å². The smallest absolute Gasteiger partial charge is 0.270 e. The number of hydrogen-bond donors (Lipinski definition) is 1. The van der Waals surface area contributed by atoms with Crippen molar-refractivity contribution in [1.82, 2.24) is 14.9 Å². The van der Waals surface area contributed by atoms with Crippen molar-refractivity contribution in [3.8, 4) is 22.6 Å². The van der Waals surface area contributed by atoms with Crippen LogP contribution in [0, 0.1) is 0 Å². The highest BCUT2D eigenvalue weighted by atomic mass is 16.2. The number of hydrogen-bond acceptors (Lipinski definition) is 2. The van der Waals surface area contributed by atoms with Gasteiger partial charge >= 0.3 is 0 Å². The van der Waals surface area contributed by atoms with Crippen LogP contribution >= 0.6 is 0 Å². The second kappa shape index (κ2) is 10.3. The summed E-state index contributed by atoms with van der Waals surface area (Å²) < 4.78 is 2.04. The minimum absolute atomic E-state index is 0.0563. The molecule has 1 atom stereocenters. The van der Waals surface area contributed by atoms with Crippen LogP contribution in [0.3, 0.4) is 0 Å². The highest BCUT2D eigenvalue weighted by Gasteiger charge is 2.26. The van der Waals surface area contributed by atoms with Crippen LogP contribution < -0.4 is 5.32 Å². The maximum Gasteiger partial charge on any atom is 0.270 e. The van der Waals surface area contributed by atoms with Crippen molar-refractivity contribution in [2.45, 2.75) is 59.0 Å². The first-order chi connectivity index (χ1) is 16.8. The average Bonchev–Trinajstić information content (AvgIpc) is 3.27. The van der Waals surface area contributed by atoms with Gasteiger partial charge in [0.05, 0.1) is 6.04 Å². The van der Waals surface area contributed by atoms with Crippen molar-refractivity contribution in [1.29, 1.82) is 0 Å². The number of aromatic nitrogens is 2. The zero-order valence-electron chi connectivity index (χ0n) is 21.4. The maximum atomic E-state index is 13.9. The maximum absolute atomic E-state index is 13.9. The van der Waals surface area contributed by atoms with Gasteiger partial charge in [-0.1, -0.05) is 113 Å². The molecular weight excluding hydrogens is 430 g/mol. The summed E-state index contributed by atoms with van der Waals surface area (Å²) in [4.78, 5) is 18.9. The standard InChI is InChI=1S/C31H35N3O/c1-6-26(22-14-10-8-11-15-22)32-30(35)28-27(23-18-20-25(21-19-23)31(3,4)5)33-29(34(28)7-2)24-16-12-9-13-17-24/h8-21,26H,6-7H2,1-5H3,(H,32,35). The normalized spacial score (nSPS) is 12.4. The summed E-state index contributed by atoms with van der Waals surface area (Å²) in [7, 11) is 0. The van der Waals surface area contributed by atoms with Crippen LogP contribution in [0.4, 0.5) is 0 Å². The molecule has 35 heavy (non-hydrogen) atoms. The number of imidazole rings is 1. The molecule has 0 aliphatic carbocycles. The lowest BCUT2D eigenvalue weighted by atomic mass is 9.86. The van der Waals surface area contributed by atoms with Crippen LogP contribution in [0.5, 0.6) is 0 Å². The van der Waals surface area contributed by atoms with Crippen LogP contribution in [0.25, 0.3) is 22.6 Å². The Hall–Kier alpha value is -3.66. The van der Waals surface area contributed by atoms with Crippen molar-refractivity contribution in [2.75, 3.05) is 0 Å². The van der Waals surface area contributed by atoms with E-state index < -0.39 is 0 Å². The highest BCUT2D eigenvalue weighted by molar-refractivity contribution is 5.99. The van der Waals surface area contributed by atoms with E-state index in [1.54, 1.807) is 0 Å². The third-order valence-corrected chi connectivity index (χ3v) is 6.47. The molecule has 0 saturated carbocycles. The number of carbonyl (C=O) groups excluding carboxylic acids is 1. The summed E-state index contributed by atoms with van der Waals surface area (Å²) in [6, 6.07) is 28.6. The molecule has 3 aromatic carbocycles. The van der Waals surface area contributed by atoms with Gasteiger partial charge in [0.25, 0.3) is 5.91 Å². The molecule has 1 unspecified atom stereocenters. The number of benzene rings is 3. The van der Waals surface area contributed by atoms with E-state index >= 15 is 0 Å². The Kier molecular flexibility index (Phi) is 7.20. The number of nitrogens with one attached hydrogen (secondary N) is 1. The summed E-state index contributed by atoms with van der Waals surface area (Å²) >= 11 is 0. The first kappa shape index (κ1) is 24.5. The number of nitrogens with zero attached hydrogens (tertiary/aromatic N) is 2. The Bertz CT molecular complexity index is 1270. The predicted octanol–water partition coefficient (Wildman–Crippen LogP) is 7.42. The van der Waals surface area contributed by atoms with E-state index in [1.165, 1.54) is 5.56 Å². The lowest BCUT2D eigenvalue weighted by Gasteiger charge is -2.20. The van der Waals surface area contributed by atoms with E-state index in [0.29, 0.717) is 17.9 Å². The number of rotatable bonds is 7. The third-order valence-electron chi connectivity index (χ3n) is 6.47. The van der Waals surface area contributed by atoms with Crippen LogP contribution in [-0.2, 0) is 12.0 Å². The van der Waals surface area contributed by atoms with Crippen LogP contribution in [0.15, 0.2) is 84.9 Å². The van der Waals surface area contributed by atoms with E-state index in [9.17, 15) is 4.79 Å². The molecule has 1 aromatic heterocycles. The Morgan fingerprint density at radius 3 is 2.00 bits per heavy atom. The lowest BCUT2D eigenvalue weighted by molar-refractivity contribution is 0.0927. The molecule has 1 amide bonds. The molecule has 0 bridgehead atoms. The van der Waals surface area contributed by atoms with E-state index in [4.69, 9.17) is 4.98 Å². The van der Waals surface area contributed by atoms with Gasteiger partial charge in [0, 0.05) is 17.7 Å². The van der Waals surface area contributed by atoms with E-state index in [0.717, 1.165) is 28.9 Å². The molecule has 0 aliphatic heterocycles. The summed E-state index contributed by atoms with van der Waals surface area (Å²) in [5, 5.41) is 3.28. The molecule has 0 fully saturated rings. The van der Waals surface area contributed by atoms with E-state index in [2.05, 4.69) is 76.3 Å². The molecular formula is C31H35N3O. The van der Waals surface area contributed by atoms with Gasteiger partial charge in [-0.2, -0.15) is 0 Å². The second-order valence-electron chi connectivity index (χ2n) is 9.92. The van der Waals surface area contributed by atoms with Crippen molar-refractivity contribution in [3.05, 3.63) is 102 Å². The SMILES string of the molecule is CCC(NC(=O)c1c(-c2ccc(C(C)(C)C)cc2)nc(-c2ccccc2)n1CC)c1ccccc1. The van der Waals surface area contributed by atoms with Gasteiger partial charge in [-0.15, -0.1) is 0 Å². The molecule has 4 nitrogen and oxygen atoms in total. The van der Waals surface area contributed by atoms with Crippen molar-refractivity contribution in [2.24, 2.45) is 0 Å². The Labute approximate surface area is 209 Å². The van der Waals surface area contributed by atoms with Crippen LogP contribution in [0.2, 0.25) is 0 Å². The molecule has 4 heteroatoms. The first-order valence-electron chi connectivity index (χ1n) is 12.5. The molecule has 0 saturated heterocycles. The lowest BCUT2D eigenvalue weighted by Crippen LogP contribution is -2.30. The van der Waals surface area contributed by atoms with Crippen molar-refractivity contribution >= 4 is 5.91 Å². The molecule has 1 heterocycles. The van der Waals surface area contributed by atoms with E-state index in [-0.39, 0.29) is 17.4 Å². The van der Waals surface area contributed by atoms with Crippen LogP contribution in [-0.4, -0.2) is 15.5 Å². The number of carbonyl (C=O) groups is 1. The topological polar surface area (TPSA) is 46.9 Å². The molecule has 1 N–H and O–H groups in total. The second-order valence-corrected chi connectivity index (χ2v) is 9.92. The fourth-order valence-corrected chi connectivity index (χ4v) is 4.46. The summed E-state index contributed by atoms with van der Waals surface area (Å²) in [5.41, 5.74) is 5.67. The molecule has 0 spiro atoms. The highest BCUT2D eigenvalue weighted by Crippen LogP contribution is 2.32. The molecule has 4 aromatic rings. The minimum Gasteiger partial charge on any atom is -0.344 e. The zero-order chi connectivity index (χ0) is 25.0. The van der Waals surface area contributed by atoms with Gasteiger partial charge in [0.1, 0.15) is 17.2 Å². The Balaban J connectivity index is 1.82.